The zero-order valence-electron chi connectivity index (χ0n) is 7.75. The van der Waals surface area contributed by atoms with Gasteiger partial charge in [-0.2, -0.15) is 13.2 Å². The van der Waals surface area contributed by atoms with Crippen LogP contribution in [0.3, 0.4) is 0 Å². The number of carbonyl (C=O) groups is 1. The van der Waals surface area contributed by atoms with Crippen LogP contribution in [0, 0.1) is 0 Å². The molecule has 0 aromatic carbocycles. The molecule has 1 aromatic rings. The highest BCUT2D eigenvalue weighted by atomic mass is 19.4. The van der Waals surface area contributed by atoms with Gasteiger partial charge in [0.1, 0.15) is 11.7 Å². The zero-order chi connectivity index (χ0) is 11.5. The van der Waals surface area contributed by atoms with Crippen LogP contribution in [0.15, 0.2) is 18.6 Å². The van der Waals surface area contributed by atoms with Gasteiger partial charge < -0.3 is 5.32 Å². The molecule has 0 fully saturated rings. The quantitative estimate of drug-likeness (QED) is 0.811. The van der Waals surface area contributed by atoms with E-state index in [4.69, 9.17) is 0 Å². The maximum atomic E-state index is 12.1. The Morgan fingerprint density at radius 1 is 1.47 bits per heavy atom. The van der Waals surface area contributed by atoms with E-state index >= 15 is 0 Å². The second-order valence-electron chi connectivity index (χ2n) is 2.83. The number of hydrogen-bond donors (Lipinski definition) is 1. The lowest BCUT2D eigenvalue weighted by Crippen LogP contribution is -2.43. The van der Waals surface area contributed by atoms with E-state index in [1.807, 2.05) is 0 Å². The van der Waals surface area contributed by atoms with Crippen molar-refractivity contribution in [3.05, 3.63) is 24.3 Å². The summed E-state index contributed by atoms with van der Waals surface area (Å²) in [5.74, 6) is -0.895. The lowest BCUT2D eigenvalue weighted by atomic mass is 10.3. The average molecular weight is 219 g/mol. The Labute approximate surface area is 83.5 Å². The highest BCUT2D eigenvalue weighted by Gasteiger charge is 2.37. The van der Waals surface area contributed by atoms with Gasteiger partial charge in [0.15, 0.2) is 0 Å². The molecule has 0 spiro atoms. The molecule has 4 nitrogen and oxygen atoms in total. The lowest BCUT2D eigenvalue weighted by molar-refractivity contribution is -0.149. The van der Waals surface area contributed by atoms with Gasteiger partial charge in [-0.1, -0.05) is 0 Å². The van der Waals surface area contributed by atoms with Crippen LogP contribution < -0.4 is 5.32 Å². The van der Waals surface area contributed by atoms with E-state index in [1.54, 1.807) is 5.32 Å². The first-order valence-corrected chi connectivity index (χ1v) is 4.05. The number of alkyl halides is 3. The SMILES string of the molecule is C[C@H](NC(=O)c1cnccn1)C(F)(F)F. The molecule has 1 amide bonds. The Morgan fingerprint density at radius 3 is 2.60 bits per heavy atom. The van der Waals surface area contributed by atoms with Crippen LogP contribution in [-0.4, -0.2) is 28.1 Å². The first kappa shape index (κ1) is 11.4. The van der Waals surface area contributed by atoms with E-state index in [0.717, 1.165) is 13.1 Å². The Kier molecular flexibility index (Phi) is 3.23. The van der Waals surface area contributed by atoms with Crippen molar-refractivity contribution in [1.82, 2.24) is 15.3 Å². The minimum atomic E-state index is -4.46. The van der Waals surface area contributed by atoms with Crippen LogP contribution in [0.25, 0.3) is 0 Å². The topological polar surface area (TPSA) is 54.9 Å². The maximum absolute atomic E-state index is 12.1. The smallest absolute Gasteiger partial charge is 0.339 e. The number of hydrogen-bond acceptors (Lipinski definition) is 3. The van der Waals surface area contributed by atoms with E-state index in [2.05, 4.69) is 9.97 Å². The third kappa shape index (κ3) is 3.19. The fourth-order valence-corrected chi connectivity index (χ4v) is 0.769. The molecule has 0 aliphatic rings. The highest BCUT2D eigenvalue weighted by Crippen LogP contribution is 2.19. The molecule has 0 saturated carbocycles. The van der Waals surface area contributed by atoms with E-state index in [0.29, 0.717) is 0 Å². The summed E-state index contributed by atoms with van der Waals surface area (Å²) in [4.78, 5) is 18.3. The molecule has 1 heterocycles. The molecule has 1 rings (SSSR count). The molecule has 0 unspecified atom stereocenters. The maximum Gasteiger partial charge on any atom is 0.408 e. The normalized spacial score (nSPS) is 13.3. The van der Waals surface area contributed by atoms with Crippen molar-refractivity contribution in [1.29, 1.82) is 0 Å². The highest BCUT2D eigenvalue weighted by molar-refractivity contribution is 5.92. The number of halogens is 3. The summed E-state index contributed by atoms with van der Waals surface area (Å²) in [5, 5.41) is 1.77. The molecule has 1 N–H and O–H groups in total. The molecule has 0 saturated heterocycles. The number of amides is 1. The molecule has 0 aliphatic heterocycles. The van der Waals surface area contributed by atoms with Gasteiger partial charge in [0, 0.05) is 12.4 Å². The Hall–Kier alpha value is -1.66. The van der Waals surface area contributed by atoms with Crippen LogP contribution in [0.2, 0.25) is 0 Å². The molecule has 1 aromatic heterocycles. The van der Waals surface area contributed by atoms with Crippen molar-refractivity contribution in [3.63, 3.8) is 0 Å². The predicted octanol–water partition coefficient (Wildman–Crippen LogP) is 1.16. The molecule has 15 heavy (non-hydrogen) atoms. The largest absolute Gasteiger partial charge is 0.408 e. The van der Waals surface area contributed by atoms with Crippen LogP contribution in [-0.2, 0) is 0 Å². The summed E-state index contributed by atoms with van der Waals surface area (Å²) in [6, 6.07) is -1.91. The second kappa shape index (κ2) is 4.24. The molecular formula is C8H8F3N3O. The zero-order valence-corrected chi connectivity index (χ0v) is 7.75. The van der Waals surface area contributed by atoms with E-state index < -0.39 is 18.1 Å². The molecule has 1 atom stereocenters. The predicted molar refractivity (Wildman–Crippen MR) is 45.0 cm³/mol. The monoisotopic (exact) mass is 219 g/mol. The van der Waals surface area contributed by atoms with Crippen molar-refractivity contribution < 1.29 is 18.0 Å². The molecule has 0 bridgehead atoms. The van der Waals surface area contributed by atoms with Crippen molar-refractivity contribution >= 4 is 5.91 Å². The summed E-state index contributed by atoms with van der Waals surface area (Å²) in [7, 11) is 0. The fraction of sp³-hybridized carbons (Fsp3) is 0.375. The van der Waals surface area contributed by atoms with Gasteiger partial charge in [-0.3, -0.25) is 9.78 Å². The number of nitrogens with zero attached hydrogens (tertiary/aromatic N) is 2. The average Bonchev–Trinajstić information content (AvgIpc) is 2.17. The van der Waals surface area contributed by atoms with Crippen molar-refractivity contribution in [2.24, 2.45) is 0 Å². The molecule has 82 valence electrons. The van der Waals surface area contributed by atoms with Crippen molar-refractivity contribution in [2.45, 2.75) is 19.1 Å². The fourth-order valence-electron chi connectivity index (χ4n) is 0.769. The third-order valence-electron chi connectivity index (χ3n) is 1.63. The first-order chi connectivity index (χ1) is 6.91. The van der Waals surface area contributed by atoms with Gasteiger partial charge in [-0.05, 0) is 6.92 Å². The van der Waals surface area contributed by atoms with Crippen LogP contribution in [0.1, 0.15) is 17.4 Å². The van der Waals surface area contributed by atoms with Gasteiger partial charge in [0.2, 0.25) is 0 Å². The number of rotatable bonds is 2. The molecule has 0 radical (unpaired) electrons. The van der Waals surface area contributed by atoms with Gasteiger partial charge >= 0.3 is 6.18 Å². The van der Waals surface area contributed by atoms with Crippen LogP contribution >= 0.6 is 0 Å². The molecule has 0 aliphatic carbocycles. The Bertz CT molecular complexity index is 339. The number of aromatic nitrogens is 2. The number of nitrogens with one attached hydrogen (secondary N) is 1. The third-order valence-corrected chi connectivity index (χ3v) is 1.63. The van der Waals surface area contributed by atoms with Gasteiger partial charge in [0.25, 0.3) is 5.91 Å². The summed E-state index contributed by atoms with van der Waals surface area (Å²) < 4.78 is 36.2. The summed E-state index contributed by atoms with van der Waals surface area (Å²) in [5.41, 5.74) is -0.145. The van der Waals surface area contributed by atoms with Crippen LogP contribution in [0.5, 0.6) is 0 Å². The van der Waals surface area contributed by atoms with Crippen molar-refractivity contribution in [3.8, 4) is 0 Å². The van der Waals surface area contributed by atoms with Gasteiger partial charge in [0.05, 0.1) is 6.20 Å². The minimum absolute atomic E-state index is 0.145. The minimum Gasteiger partial charge on any atom is -0.339 e. The van der Waals surface area contributed by atoms with Gasteiger partial charge in [-0.25, -0.2) is 4.98 Å². The first-order valence-electron chi connectivity index (χ1n) is 4.05. The Balaban J connectivity index is 2.65. The summed E-state index contributed by atoms with van der Waals surface area (Å²) in [6.45, 7) is 0.855. The Morgan fingerprint density at radius 2 is 2.13 bits per heavy atom. The molecule has 7 heteroatoms. The van der Waals surface area contributed by atoms with E-state index in [1.165, 1.54) is 12.4 Å². The standard InChI is InChI=1S/C8H8F3N3O/c1-5(8(9,10)11)14-7(15)6-4-12-2-3-13-6/h2-5H,1H3,(H,14,15)/t5-/m0/s1. The summed E-state index contributed by atoms with van der Waals surface area (Å²) in [6.07, 6.45) is -0.812. The van der Waals surface area contributed by atoms with Crippen LogP contribution in [0.4, 0.5) is 13.2 Å². The van der Waals surface area contributed by atoms with E-state index in [-0.39, 0.29) is 5.69 Å². The second-order valence-corrected chi connectivity index (χ2v) is 2.83. The van der Waals surface area contributed by atoms with E-state index in [9.17, 15) is 18.0 Å². The van der Waals surface area contributed by atoms with Crippen molar-refractivity contribution in [2.75, 3.05) is 0 Å². The number of carbonyl (C=O) groups excluding carboxylic acids is 1. The molecular weight excluding hydrogens is 211 g/mol. The summed E-state index contributed by atoms with van der Waals surface area (Å²) >= 11 is 0. The lowest BCUT2D eigenvalue weighted by Gasteiger charge is -2.16. The van der Waals surface area contributed by atoms with Gasteiger partial charge in [-0.15, -0.1) is 0 Å².